The summed E-state index contributed by atoms with van der Waals surface area (Å²) in [6.07, 6.45) is 0.791. The fraction of sp³-hybridized carbons (Fsp3) is 0.269. The van der Waals surface area contributed by atoms with Gasteiger partial charge in [-0.2, -0.15) is 0 Å². The van der Waals surface area contributed by atoms with Crippen molar-refractivity contribution in [3.05, 3.63) is 95.6 Å². The molecular weight excluding hydrogens is 372 g/mol. The molecule has 0 spiro atoms. The standard InChI is InChI=1S/C26H28N2O2/c1-19(2)16-17-30-22-14-12-21(13-15-22)25-27-24-11-7-6-10-23(24)26(29)28(25)18-20-8-4-3-5-9-20/h3-15,19,25,27H,16-18H2,1-2H3. The molecule has 154 valence electrons. The quantitative estimate of drug-likeness (QED) is 0.539. The molecule has 4 heteroatoms. The summed E-state index contributed by atoms with van der Waals surface area (Å²) in [5, 5.41) is 3.56. The average Bonchev–Trinajstić information content (AvgIpc) is 2.77. The molecule has 4 nitrogen and oxygen atoms in total. The highest BCUT2D eigenvalue weighted by molar-refractivity contribution is 6.01. The second kappa shape index (κ2) is 9.04. The van der Waals surface area contributed by atoms with Crippen molar-refractivity contribution in [2.75, 3.05) is 11.9 Å². The largest absolute Gasteiger partial charge is 0.494 e. The Bertz CT molecular complexity index is 983. The highest BCUT2D eigenvalue weighted by atomic mass is 16.5. The molecular formula is C26H28N2O2. The molecule has 1 aliphatic rings. The number of hydrogen-bond donors (Lipinski definition) is 1. The van der Waals surface area contributed by atoms with E-state index in [1.54, 1.807) is 0 Å². The molecule has 1 atom stereocenters. The van der Waals surface area contributed by atoms with E-state index in [0.717, 1.165) is 29.0 Å². The van der Waals surface area contributed by atoms with Crippen LogP contribution in [0.2, 0.25) is 0 Å². The van der Waals surface area contributed by atoms with E-state index in [1.165, 1.54) is 0 Å². The van der Waals surface area contributed by atoms with Crippen LogP contribution in [0.15, 0.2) is 78.9 Å². The van der Waals surface area contributed by atoms with Crippen molar-refractivity contribution < 1.29 is 9.53 Å². The van der Waals surface area contributed by atoms with Gasteiger partial charge in [-0.05, 0) is 47.7 Å². The zero-order valence-electron chi connectivity index (χ0n) is 17.5. The van der Waals surface area contributed by atoms with Gasteiger partial charge in [0.15, 0.2) is 0 Å². The first-order valence-corrected chi connectivity index (χ1v) is 10.5. The molecule has 0 radical (unpaired) electrons. The number of hydrogen-bond acceptors (Lipinski definition) is 3. The number of para-hydroxylation sites is 1. The SMILES string of the molecule is CC(C)CCOc1ccc(C2Nc3ccccc3C(=O)N2Cc2ccccc2)cc1. The van der Waals surface area contributed by atoms with Crippen LogP contribution in [0.5, 0.6) is 5.75 Å². The van der Waals surface area contributed by atoms with E-state index in [2.05, 4.69) is 31.3 Å². The topological polar surface area (TPSA) is 41.6 Å². The van der Waals surface area contributed by atoms with Crippen LogP contribution in [0.3, 0.4) is 0 Å². The maximum absolute atomic E-state index is 13.3. The minimum Gasteiger partial charge on any atom is -0.494 e. The van der Waals surface area contributed by atoms with E-state index in [1.807, 2.05) is 71.6 Å². The lowest BCUT2D eigenvalue weighted by molar-refractivity contribution is 0.0666. The monoisotopic (exact) mass is 400 g/mol. The number of carbonyl (C=O) groups is 1. The summed E-state index contributed by atoms with van der Waals surface area (Å²) in [6, 6.07) is 25.9. The fourth-order valence-electron chi connectivity index (χ4n) is 3.66. The van der Waals surface area contributed by atoms with Crippen molar-refractivity contribution in [3.8, 4) is 5.75 Å². The second-order valence-electron chi connectivity index (χ2n) is 8.11. The Balaban J connectivity index is 1.59. The first-order chi connectivity index (χ1) is 14.6. The molecule has 3 aromatic rings. The number of carbonyl (C=O) groups excluding carboxylic acids is 1. The van der Waals surface area contributed by atoms with Gasteiger partial charge in [0.25, 0.3) is 5.91 Å². The van der Waals surface area contributed by atoms with Crippen LogP contribution in [0.25, 0.3) is 0 Å². The molecule has 4 rings (SSSR count). The Morgan fingerprint density at radius 3 is 2.37 bits per heavy atom. The maximum atomic E-state index is 13.3. The Morgan fingerprint density at radius 1 is 0.933 bits per heavy atom. The third-order valence-electron chi connectivity index (χ3n) is 5.38. The summed E-state index contributed by atoms with van der Waals surface area (Å²) < 4.78 is 5.86. The Labute approximate surface area is 178 Å². The van der Waals surface area contributed by atoms with Gasteiger partial charge in [-0.25, -0.2) is 0 Å². The van der Waals surface area contributed by atoms with Crippen LogP contribution in [-0.4, -0.2) is 17.4 Å². The zero-order chi connectivity index (χ0) is 20.9. The number of benzene rings is 3. The summed E-state index contributed by atoms with van der Waals surface area (Å²) in [7, 11) is 0. The average molecular weight is 401 g/mol. The van der Waals surface area contributed by atoms with Crippen molar-refractivity contribution in [2.24, 2.45) is 5.92 Å². The van der Waals surface area contributed by atoms with E-state index in [9.17, 15) is 4.79 Å². The van der Waals surface area contributed by atoms with Gasteiger partial charge >= 0.3 is 0 Å². The number of nitrogens with one attached hydrogen (secondary N) is 1. The van der Waals surface area contributed by atoms with Crippen molar-refractivity contribution in [1.82, 2.24) is 4.90 Å². The van der Waals surface area contributed by atoms with Crippen LogP contribution >= 0.6 is 0 Å². The number of anilines is 1. The molecule has 3 aromatic carbocycles. The first kappa shape index (κ1) is 20.0. The van der Waals surface area contributed by atoms with Crippen LogP contribution < -0.4 is 10.1 Å². The number of fused-ring (bicyclic) bond motifs is 1. The molecule has 0 aromatic heterocycles. The minimum absolute atomic E-state index is 0.0375. The van der Waals surface area contributed by atoms with Crippen molar-refractivity contribution in [2.45, 2.75) is 33.0 Å². The predicted molar refractivity (Wildman–Crippen MR) is 121 cm³/mol. The molecule has 1 amide bonds. The summed E-state index contributed by atoms with van der Waals surface area (Å²) in [5.74, 6) is 1.51. The lowest BCUT2D eigenvalue weighted by Gasteiger charge is -2.38. The maximum Gasteiger partial charge on any atom is 0.258 e. The number of amides is 1. The first-order valence-electron chi connectivity index (χ1n) is 10.5. The molecule has 1 N–H and O–H groups in total. The van der Waals surface area contributed by atoms with E-state index < -0.39 is 0 Å². The molecule has 0 bridgehead atoms. The summed E-state index contributed by atoms with van der Waals surface area (Å²) in [4.78, 5) is 15.2. The molecule has 0 saturated carbocycles. The lowest BCUT2D eigenvalue weighted by atomic mass is 10.0. The molecule has 0 saturated heterocycles. The predicted octanol–water partition coefficient (Wildman–Crippen LogP) is 5.88. The highest BCUT2D eigenvalue weighted by Gasteiger charge is 2.32. The normalized spacial score (nSPS) is 15.6. The molecule has 0 aliphatic carbocycles. The Morgan fingerprint density at radius 2 is 1.63 bits per heavy atom. The van der Waals surface area contributed by atoms with Gasteiger partial charge in [0.2, 0.25) is 0 Å². The summed E-state index contributed by atoms with van der Waals surface area (Å²) in [6.45, 7) is 5.64. The molecule has 0 fully saturated rings. The van der Waals surface area contributed by atoms with Gasteiger partial charge in [0.1, 0.15) is 11.9 Å². The van der Waals surface area contributed by atoms with Crippen LogP contribution in [0.4, 0.5) is 5.69 Å². The minimum atomic E-state index is -0.239. The van der Waals surface area contributed by atoms with Gasteiger partial charge in [-0.1, -0.05) is 68.4 Å². The zero-order valence-corrected chi connectivity index (χ0v) is 17.5. The van der Waals surface area contributed by atoms with E-state index in [-0.39, 0.29) is 12.1 Å². The van der Waals surface area contributed by atoms with E-state index in [4.69, 9.17) is 4.74 Å². The molecule has 30 heavy (non-hydrogen) atoms. The number of rotatable bonds is 7. The summed E-state index contributed by atoms with van der Waals surface area (Å²) >= 11 is 0. The van der Waals surface area contributed by atoms with Gasteiger partial charge in [0.05, 0.1) is 12.2 Å². The number of nitrogens with zero attached hydrogens (tertiary/aromatic N) is 1. The fourth-order valence-corrected chi connectivity index (χ4v) is 3.66. The Hall–Kier alpha value is -3.27. The third-order valence-corrected chi connectivity index (χ3v) is 5.38. The van der Waals surface area contributed by atoms with Crippen LogP contribution in [-0.2, 0) is 6.54 Å². The van der Waals surface area contributed by atoms with E-state index >= 15 is 0 Å². The van der Waals surface area contributed by atoms with Crippen molar-refractivity contribution in [1.29, 1.82) is 0 Å². The molecule has 1 heterocycles. The van der Waals surface area contributed by atoms with Gasteiger partial charge in [-0.3, -0.25) is 4.79 Å². The van der Waals surface area contributed by atoms with E-state index in [0.29, 0.717) is 24.6 Å². The van der Waals surface area contributed by atoms with Crippen molar-refractivity contribution >= 4 is 11.6 Å². The van der Waals surface area contributed by atoms with Crippen LogP contribution in [0, 0.1) is 5.92 Å². The van der Waals surface area contributed by atoms with Crippen LogP contribution in [0.1, 0.15) is 47.9 Å². The summed E-state index contributed by atoms with van der Waals surface area (Å²) in [5.41, 5.74) is 3.71. The third kappa shape index (κ3) is 4.48. The van der Waals surface area contributed by atoms with Gasteiger partial charge in [-0.15, -0.1) is 0 Å². The molecule has 1 aliphatic heterocycles. The van der Waals surface area contributed by atoms with Gasteiger partial charge < -0.3 is 15.0 Å². The second-order valence-corrected chi connectivity index (χ2v) is 8.11. The lowest BCUT2D eigenvalue weighted by Crippen LogP contribution is -2.42. The highest BCUT2D eigenvalue weighted by Crippen LogP contribution is 2.34. The number of ether oxygens (including phenoxy) is 1. The smallest absolute Gasteiger partial charge is 0.258 e. The van der Waals surface area contributed by atoms with Gasteiger partial charge in [0, 0.05) is 12.2 Å². The Kier molecular flexibility index (Phi) is 6.03. The molecule has 1 unspecified atom stereocenters. The van der Waals surface area contributed by atoms with Crippen molar-refractivity contribution in [3.63, 3.8) is 0 Å².